The molecule has 0 saturated carbocycles. The normalized spacial score (nSPS) is 27.5. The van der Waals surface area contributed by atoms with E-state index in [9.17, 15) is 13.2 Å². The molecular weight excluding hydrogens is 341 g/mol. The quantitative estimate of drug-likeness (QED) is 0.827. The Morgan fingerprint density at radius 3 is 2.58 bits per heavy atom. The summed E-state index contributed by atoms with van der Waals surface area (Å²) < 4.78 is 43.9. The van der Waals surface area contributed by atoms with Gasteiger partial charge in [-0.1, -0.05) is 19.1 Å². The Kier molecular flexibility index (Phi) is 5.94. The van der Waals surface area contributed by atoms with Crippen molar-refractivity contribution in [3.8, 4) is 0 Å². The first-order chi connectivity index (χ1) is 12.4. The van der Waals surface area contributed by atoms with Crippen molar-refractivity contribution >= 4 is 11.4 Å². The first kappa shape index (κ1) is 18.9. The zero-order chi connectivity index (χ0) is 18.6. The fourth-order valence-electron chi connectivity index (χ4n) is 3.10. The van der Waals surface area contributed by atoms with Gasteiger partial charge in [0.1, 0.15) is 0 Å². The third-order valence-corrected chi connectivity index (χ3v) is 4.55. The number of nitrogens with zero attached hydrogens (tertiary/aromatic N) is 1. The van der Waals surface area contributed by atoms with Crippen LogP contribution in [0.3, 0.4) is 0 Å². The van der Waals surface area contributed by atoms with Crippen LogP contribution in [0.15, 0.2) is 53.1 Å². The van der Waals surface area contributed by atoms with Crippen LogP contribution in [-0.4, -0.2) is 31.5 Å². The highest BCUT2D eigenvalue weighted by molar-refractivity contribution is 5.97. The van der Waals surface area contributed by atoms with Gasteiger partial charge in [0.25, 0.3) is 0 Å². The summed E-state index contributed by atoms with van der Waals surface area (Å²) in [5, 5.41) is 3.33. The van der Waals surface area contributed by atoms with Crippen LogP contribution in [0.5, 0.6) is 0 Å². The van der Waals surface area contributed by atoms with E-state index in [1.54, 1.807) is 0 Å². The molecule has 3 nitrogen and oxygen atoms in total. The molecule has 3 rings (SSSR count). The van der Waals surface area contributed by atoms with E-state index in [0.29, 0.717) is 18.2 Å². The van der Waals surface area contributed by atoms with Gasteiger partial charge in [-0.15, -0.1) is 0 Å². The molecule has 1 aliphatic carbocycles. The number of alkyl halides is 3. The molecule has 1 saturated heterocycles. The van der Waals surface area contributed by atoms with Crippen molar-refractivity contribution in [2.24, 2.45) is 10.9 Å². The zero-order valence-corrected chi connectivity index (χ0v) is 14.7. The standard InChI is InChI=1S/C20H23F3N2O/c1-14-2-3-15(19-13-24-10-11-26-19)4-7-18(12-14)25-17-8-5-16(6-9-17)20(21,22)23/h3-9,14,19,24H,2,10-13H2,1H3/b7-4-,15-3?,25-18?. The Morgan fingerprint density at radius 1 is 1.15 bits per heavy atom. The lowest BCUT2D eigenvalue weighted by molar-refractivity contribution is -0.137. The van der Waals surface area contributed by atoms with E-state index in [-0.39, 0.29) is 6.10 Å². The lowest BCUT2D eigenvalue weighted by Crippen LogP contribution is -2.39. The Bertz CT molecular complexity index is 699. The average molecular weight is 364 g/mol. The number of allylic oxidation sites excluding steroid dienone is 2. The molecule has 1 aromatic rings. The first-order valence-electron chi connectivity index (χ1n) is 8.87. The van der Waals surface area contributed by atoms with Gasteiger partial charge in [-0.05, 0) is 54.7 Å². The van der Waals surface area contributed by atoms with Gasteiger partial charge in [0.2, 0.25) is 0 Å². The summed E-state index contributed by atoms with van der Waals surface area (Å²) in [5.74, 6) is 0.402. The minimum absolute atomic E-state index is 0.0395. The van der Waals surface area contributed by atoms with Crippen molar-refractivity contribution in [2.75, 3.05) is 19.7 Å². The second kappa shape index (κ2) is 8.18. The Hall–Kier alpha value is -1.92. The fraction of sp³-hybridized carbons (Fsp3) is 0.450. The molecule has 1 heterocycles. The Balaban J connectivity index is 1.79. The summed E-state index contributed by atoms with van der Waals surface area (Å²) in [6, 6.07) is 4.97. The molecule has 1 aliphatic heterocycles. The SMILES string of the molecule is CC1CC=C(C2CNCCO2)/C=C\C(=Nc2ccc(C(F)(F)F)cc2)C1. The van der Waals surface area contributed by atoms with E-state index in [2.05, 4.69) is 23.3 Å². The molecule has 26 heavy (non-hydrogen) atoms. The van der Waals surface area contributed by atoms with Gasteiger partial charge in [0.15, 0.2) is 0 Å². The van der Waals surface area contributed by atoms with Crippen LogP contribution in [0.1, 0.15) is 25.3 Å². The van der Waals surface area contributed by atoms with Gasteiger partial charge in [-0.25, -0.2) is 0 Å². The summed E-state index contributed by atoms with van der Waals surface area (Å²) in [5.41, 5.74) is 1.87. The van der Waals surface area contributed by atoms with Gasteiger partial charge in [-0.3, -0.25) is 4.99 Å². The number of ether oxygens (including phenoxy) is 1. The molecule has 1 N–H and O–H groups in total. The maximum atomic E-state index is 12.7. The molecule has 0 spiro atoms. The topological polar surface area (TPSA) is 33.6 Å². The minimum Gasteiger partial charge on any atom is -0.371 e. The number of aliphatic imine (C=N–C) groups is 1. The largest absolute Gasteiger partial charge is 0.416 e. The minimum atomic E-state index is -4.33. The summed E-state index contributed by atoms with van der Waals surface area (Å²) in [4.78, 5) is 4.55. The highest BCUT2D eigenvalue weighted by Crippen LogP contribution is 2.30. The molecule has 2 atom stereocenters. The lowest BCUT2D eigenvalue weighted by atomic mass is 9.93. The molecule has 2 unspecified atom stereocenters. The number of hydrogen-bond acceptors (Lipinski definition) is 3. The summed E-state index contributed by atoms with van der Waals surface area (Å²) >= 11 is 0. The van der Waals surface area contributed by atoms with Crippen LogP contribution in [0.4, 0.5) is 18.9 Å². The monoisotopic (exact) mass is 364 g/mol. The van der Waals surface area contributed by atoms with E-state index in [1.165, 1.54) is 12.1 Å². The van der Waals surface area contributed by atoms with Gasteiger partial charge in [0.05, 0.1) is 24.0 Å². The molecule has 140 valence electrons. The number of morpholine rings is 1. The lowest BCUT2D eigenvalue weighted by Gasteiger charge is -2.26. The molecule has 0 amide bonds. The van der Waals surface area contributed by atoms with Crippen molar-refractivity contribution in [2.45, 2.75) is 32.0 Å². The predicted octanol–water partition coefficient (Wildman–Crippen LogP) is 4.68. The molecule has 6 heteroatoms. The number of nitrogens with one attached hydrogen (secondary N) is 1. The van der Waals surface area contributed by atoms with Crippen LogP contribution in [0.2, 0.25) is 0 Å². The van der Waals surface area contributed by atoms with Crippen LogP contribution in [0.25, 0.3) is 0 Å². The highest BCUT2D eigenvalue weighted by atomic mass is 19.4. The summed E-state index contributed by atoms with van der Waals surface area (Å²) in [7, 11) is 0. The molecule has 2 aliphatic rings. The van der Waals surface area contributed by atoms with Crippen molar-refractivity contribution in [3.63, 3.8) is 0 Å². The third-order valence-electron chi connectivity index (χ3n) is 4.55. The van der Waals surface area contributed by atoms with Crippen LogP contribution >= 0.6 is 0 Å². The molecule has 0 aromatic heterocycles. The number of halogens is 3. The molecule has 1 aromatic carbocycles. The van der Waals surface area contributed by atoms with E-state index in [1.807, 2.05) is 12.2 Å². The molecule has 0 bridgehead atoms. The van der Waals surface area contributed by atoms with E-state index in [4.69, 9.17) is 4.74 Å². The zero-order valence-electron chi connectivity index (χ0n) is 14.7. The smallest absolute Gasteiger partial charge is 0.371 e. The van der Waals surface area contributed by atoms with Gasteiger partial charge >= 0.3 is 6.18 Å². The van der Waals surface area contributed by atoms with E-state index >= 15 is 0 Å². The van der Waals surface area contributed by atoms with Gasteiger partial charge in [0, 0.05) is 18.8 Å². The number of benzene rings is 1. The fourth-order valence-corrected chi connectivity index (χ4v) is 3.10. The number of hydrogen-bond donors (Lipinski definition) is 1. The first-order valence-corrected chi connectivity index (χ1v) is 8.87. The Morgan fingerprint density at radius 2 is 1.92 bits per heavy atom. The molecule has 1 fully saturated rings. The van der Waals surface area contributed by atoms with Crippen molar-refractivity contribution in [1.82, 2.24) is 5.32 Å². The maximum absolute atomic E-state index is 12.7. The van der Waals surface area contributed by atoms with Crippen LogP contribution in [-0.2, 0) is 10.9 Å². The van der Waals surface area contributed by atoms with E-state index in [0.717, 1.165) is 49.3 Å². The molecule has 0 radical (unpaired) electrons. The predicted molar refractivity (Wildman–Crippen MR) is 96.8 cm³/mol. The van der Waals surface area contributed by atoms with Crippen LogP contribution in [0, 0.1) is 5.92 Å². The van der Waals surface area contributed by atoms with E-state index < -0.39 is 11.7 Å². The maximum Gasteiger partial charge on any atom is 0.416 e. The Labute approximate surface area is 151 Å². The van der Waals surface area contributed by atoms with Gasteiger partial charge < -0.3 is 10.1 Å². The molecular formula is C20H23F3N2O. The van der Waals surface area contributed by atoms with Gasteiger partial charge in [-0.2, -0.15) is 13.2 Å². The number of rotatable bonds is 2. The van der Waals surface area contributed by atoms with Crippen molar-refractivity contribution in [3.05, 3.63) is 53.6 Å². The second-order valence-corrected chi connectivity index (χ2v) is 6.79. The average Bonchev–Trinajstić information content (AvgIpc) is 2.60. The summed E-state index contributed by atoms with van der Waals surface area (Å²) in [6.07, 6.45) is 3.61. The van der Waals surface area contributed by atoms with Crippen molar-refractivity contribution in [1.29, 1.82) is 0 Å². The van der Waals surface area contributed by atoms with Crippen molar-refractivity contribution < 1.29 is 17.9 Å². The van der Waals surface area contributed by atoms with Crippen LogP contribution < -0.4 is 5.32 Å². The highest BCUT2D eigenvalue weighted by Gasteiger charge is 2.29. The second-order valence-electron chi connectivity index (χ2n) is 6.79. The third kappa shape index (κ3) is 5.05. The summed E-state index contributed by atoms with van der Waals surface area (Å²) in [6.45, 7) is 4.49.